The standard InChI is InChI=1S/C17H35NO3/c1-14(2,13(18)19)12-15(3,4)17(7,8)21-11-10-16(5,6)20-9/h10-12H2,1-9H3,(H2,18,19). The Hall–Kier alpha value is -0.610. The van der Waals surface area contributed by atoms with Gasteiger partial charge >= 0.3 is 0 Å². The largest absolute Gasteiger partial charge is 0.379 e. The Morgan fingerprint density at radius 1 is 1.00 bits per heavy atom. The van der Waals surface area contributed by atoms with Gasteiger partial charge in [-0.15, -0.1) is 0 Å². The average Bonchev–Trinajstić information content (AvgIpc) is 2.26. The fraction of sp³-hybridized carbons (Fsp3) is 0.941. The highest BCUT2D eigenvalue weighted by Gasteiger charge is 2.43. The van der Waals surface area contributed by atoms with E-state index in [0.717, 1.165) is 6.42 Å². The fourth-order valence-electron chi connectivity index (χ4n) is 2.25. The van der Waals surface area contributed by atoms with Gasteiger partial charge in [0.25, 0.3) is 0 Å². The van der Waals surface area contributed by atoms with E-state index in [-0.39, 0.29) is 22.5 Å². The summed E-state index contributed by atoms with van der Waals surface area (Å²) in [6.07, 6.45) is 1.50. The molecule has 2 N–H and O–H groups in total. The third kappa shape index (κ3) is 5.95. The van der Waals surface area contributed by atoms with Crippen LogP contribution < -0.4 is 5.73 Å². The van der Waals surface area contributed by atoms with Crippen LogP contribution in [-0.2, 0) is 14.3 Å². The second-order valence-corrected chi connectivity index (χ2v) is 8.38. The number of nitrogens with two attached hydrogens (primary N) is 1. The number of methoxy groups -OCH3 is 1. The maximum atomic E-state index is 11.6. The zero-order chi connectivity index (χ0) is 17.1. The van der Waals surface area contributed by atoms with Crippen LogP contribution in [0.4, 0.5) is 0 Å². The monoisotopic (exact) mass is 301 g/mol. The van der Waals surface area contributed by atoms with Crippen molar-refractivity contribution in [3.63, 3.8) is 0 Å². The van der Waals surface area contributed by atoms with E-state index in [4.69, 9.17) is 15.2 Å². The van der Waals surface area contributed by atoms with Gasteiger partial charge in [-0.1, -0.05) is 27.7 Å². The average molecular weight is 301 g/mol. The molecule has 0 aliphatic carbocycles. The number of carbonyl (C=O) groups is 1. The smallest absolute Gasteiger partial charge is 0.223 e. The second-order valence-electron chi connectivity index (χ2n) is 8.38. The fourth-order valence-corrected chi connectivity index (χ4v) is 2.25. The summed E-state index contributed by atoms with van der Waals surface area (Å²) in [5.74, 6) is -0.271. The van der Waals surface area contributed by atoms with Gasteiger partial charge in [0, 0.05) is 12.5 Å². The minimum absolute atomic E-state index is 0.178. The van der Waals surface area contributed by atoms with E-state index in [9.17, 15) is 4.79 Å². The zero-order valence-electron chi connectivity index (χ0n) is 15.4. The number of primary amides is 1. The van der Waals surface area contributed by atoms with E-state index in [0.29, 0.717) is 13.0 Å². The van der Waals surface area contributed by atoms with E-state index < -0.39 is 5.41 Å². The molecule has 0 saturated heterocycles. The maximum Gasteiger partial charge on any atom is 0.223 e. The lowest BCUT2D eigenvalue weighted by atomic mass is 9.66. The number of rotatable bonds is 9. The number of hydrogen-bond donors (Lipinski definition) is 1. The predicted octanol–water partition coefficient (Wildman–Crippen LogP) is 3.52. The van der Waals surface area contributed by atoms with Crippen LogP contribution in [0, 0.1) is 10.8 Å². The molecule has 0 bridgehead atoms. The Balaban J connectivity index is 4.77. The molecule has 0 aromatic rings. The first kappa shape index (κ1) is 20.4. The lowest BCUT2D eigenvalue weighted by Gasteiger charge is -2.45. The van der Waals surface area contributed by atoms with Crippen molar-refractivity contribution in [1.29, 1.82) is 0 Å². The van der Waals surface area contributed by atoms with Crippen molar-refractivity contribution < 1.29 is 14.3 Å². The highest BCUT2D eigenvalue weighted by atomic mass is 16.5. The van der Waals surface area contributed by atoms with Gasteiger partial charge in [-0.05, 0) is 46.0 Å². The zero-order valence-corrected chi connectivity index (χ0v) is 15.4. The third-order valence-electron chi connectivity index (χ3n) is 4.90. The lowest BCUT2D eigenvalue weighted by molar-refractivity contribution is -0.139. The molecule has 4 heteroatoms. The van der Waals surface area contributed by atoms with Gasteiger partial charge in [0.15, 0.2) is 0 Å². The highest BCUT2D eigenvalue weighted by molar-refractivity contribution is 5.79. The van der Waals surface area contributed by atoms with Crippen molar-refractivity contribution in [2.24, 2.45) is 16.6 Å². The van der Waals surface area contributed by atoms with Crippen LogP contribution in [0.2, 0.25) is 0 Å². The summed E-state index contributed by atoms with van der Waals surface area (Å²) in [7, 11) is 1.71. The van der Waals surface area contributed by atoms with Crippen LogP contribution in [0.25, 0.3) is 0 Å². The van der Waals surface area contributed by atoms with Crippen LogP contribution in [0.5, 0.6) is 0 Å². The Kier molecular flexibility index (Phi) is 6.46. The molecule has 0 aliphatic heterocycles. The summed E-state index contributed by atoms with van der Waals surface area (Å²) in [4.78, 5) is 11.6. The normalized spacial score (nSPS) is 14.3. The van der Waals surface area contributed by atoms with Crippen LogP contribution >= 0.6 is 0 Å². The summed E-state index contributed by atoms with van der Waals surface area (Å²) in [6.45, 7) is 16.9. The molecule has 0 spiro atoms. The van der Waals surface area contributed by atoms with E-state index in [1.165, 1.54) is 0 Å². The van der Waals surface area contributed by atoms with Crippen molar-refractivity contribution in [3.8, 4) is 0 Å². The molecule has 0 fully saturated rings. The summed E-state index contributed by atoms with van der Waals surface area (Å²) in [5, 5.41) is 0. The van der Waals surface area contributed by atoms with E-state index in [1.807, 2.05) is 27.7 Å². The van der Waals surface area contributed by atoms with Gasteiger partial charge in [0.2, 0.25) is 5.91 Å². The van der Waals surface area contributed by atoms with Gasteiger partial charge in [0.1, 0.15) is 0 Å². The Bertz CT molecular complexity index is 357. The first-order chi connectivity index (χ1) is 9.17. The van der Waals surface area contributed by atoms with Gasteiger partial charge < -0.3 is 15.2 Å². The number of ether oxygens (including phenoxy) is 2. The molecule has 21 heavy (non-hydrogen) atoms. The van der Waals surface area contributed by atoms with Gasteiger partial charge in [-0.3, -0.25) is 4.79 Å². The molecule has 0 radical (unpaired) electrons. The molecule has 0 aliphatic rings. The maximum absolute atomic E-state index is 11.6. The van der Waals surface area contributed by atoms with Crippen molar-refractivity contribution >= 4 is 5.91 Å². The van der Waals surface area contributed by atoms with Gasteiger partial charge in [0.05, 0.1) is 17.8 Å². The van der Waals surface area contributed by atoms with E-state index >= 15 is 0 Å². The highest BCUT2D eigenvalue weighted by Crippen LogP contribution is 2.43. The number of hydrogen-bond acceptors (Lipinski definition) is 3. The Morgan fingerprint density at radius 3 is 1.86 bits per heavy atom. The molecule has 0 unspecified atom stereocenters. The number of amides is 1. The summed E-state index contributed by atoms with van der Waals surface area (Å²) < 4.78 is 11.5. The Labute approximate surface area is 130 Å². The molecule has 4 nitrogen and oxygen atoms in total. The molecule has 126 valence electrons. The molecule has 0 aromatic carbocycles. The van der Waals surface area contributed by atoms with Gasteiger partial charge in [-0.2, -0.15) is 0 Å². The van der Waals surface area contributed by atoms with Crippen LogP contribution in [0.15, 0.2) is 0 Å². The van der Waals surface area contributed by atoms with E-state index in [2.05, 4.69) is 27.7 Å². The molecular weight excluding hydrogens is 266 g/mol. The molecule has 0 atom stereocenters. The van der Waals surface area contributed by atoms with Crippen molar-refractivity contribution in [2.45, 2.75) is 79.4 Å². The molecule has 0 rings (SSSR count). The predicted molar refractivity (Wildman–Crippen MR) is 87.1 cm³/mol. The summed E-state index contributed by atoms with van der Waals surface area (Å²) in [5.41, 5.74) is 4.23. The molecule has 0 saturated carbocycles. The second kappa shape index (κ2) is 6.66. The summed E-state index contributed by atoms with van der Waals surface area (Å²) in [6, 6.07) is 0. The van der Waals surface area contributed by atoms with Crippen molar-refractivity contribution in [1.82, 2.24) is 0 Å². The van der Waals surface area contributed by atoms with Crippen LogP contribution in [-0.4, -0.2) is 30.8 Å². The van der Waals surface area contributed by atoms with Crippen LogP contribution in [0.1, 0.15) is 68.2 Å². The quantitative estimate of drug-likeness (QED) is 0.708. The van der Waals surface area contributed by atoms with Crippen molar-refractivity contribution in [3.05, 3.63) is 0 Å². The van der Waals surface area contributed by atoms with E-state index in [1.54, 1.807) is 7.11 Å². The molecule has 0 aromatic heterocycles. The SMILES string of the molecule is COC(C)(C)CCOC(C)(C)C(C)(C)CC(C)(C)C(N)=O. The molecule has 1 amide bonds. The number of carbonyl (C=O) groups excluding carboxylic acids is 1. The van der Waals surface area contributed by atoms with Gasteiger partial charge in [-0.25, -0.2) is 0 Å². The molecule has 0 heterocycles. The lowest BCUT2D eigenvalue weighted by Crippen LogP contribution is -2.47. The summed E-state index contributed by atoms with van der Waals surface area (Å²) >= 11 is 0. The minimum atomic E-state index is -0.546. The minimum Gasteiger partial charge on any atom is -0.379 e. The first-order valence-corrected chi connectivity index (χ1v) is 7.66. The third-order valence-corrected chi connectivity index (χ3v) is 4.90. The molecular formula is C17H35NO3. The Morgan fingerprint density at radius 2 is 1.48 bits per heavy atom. The first-order valence-electron chi connectivity index (χ1n) is 7.66. The van der Waals surface area contributed by atoms with Crippen LogP contribution in [0.3, 0.4) is 0 Å². The van der Waals surface area contributed by atoms with Crippen molar-refractivity contribution in [2.75, 3.05) is 13.7 Å². The topological polar surface area (TPSA) is 61.6 Å².